The monoisotopic (exact) mass is 401 g/mol. The van der Waals surface area contributed by atoms with E-state index in [2.05, 4.69) is 24.1 Å². The second kappa shape index (κ2) is 9.78. The van der Waals surface area contributed by atoms with Gasteiger partial charge in [-0.2, -0.15) is 0 Å². The van der Waals surface area contributed by atoms with Crippen LogP contribution in [0.25, 0.3) is 11.5 Å². The molecule has 0 bridgehead atoms. The number of piperidine rings is 1. The van der Waals surface area contributed by atoms with Crippen LogP contribution < -0.4 is 5.32 Å². The first kappa shape index (κ1) is 21.2. The molecule has 1 aliphatic rings. The number of ether oxygens (including phenoxy) is 1. The molecule has 2 aromatic rings. The molecule has 1 fully saturated rings. The molecule has 1 N–H and O–H groups in total. The number of nitrogens with zero attached hydrogens (tertiary/aromatic N) is 2. The van der Waals surface area contributed by atoms with E-state index in [4.69, 9.17) is 9.15 Å². The number of esters is 1. The molecule has 3 rings (SSSR count). The number of carbonyl (C=O) groups excluding carboxylic acids is 2. The summed E-state index contributed by atoms with van der Waals surface area (Å²) in [6.07, 6.45) is 3.77. The number of carbonyl (C=O) groups is 2. The van der Waals surface area contributed by atoms with E-state index in [9.17, 15) is 9.59 Å². The van der Waals surface area contributed by atoms with Crippen LogP contribution in [0.2, 0.25) is 0 Å². The minimum absolute atomic E-state index is 0.0330. The molecule has 158 valence electrons. The van der Waals surface area contributed by atoms with Crippen molar-refractivity contribution in [1.29, 1.82) is 0 Å². The SMILES string of the molecule is COC(=O)c1ccc(-c2ccco2)n1CC(=O)NCCCN1C[C@@H](C)C[C@H](C)C1. The van der Waals surface area contributed by atoms with Gasteiger partial charge in [0.25, 0.3) is 0 Å². The summed E-state index contributed by atoms with van der Waals surface area (Å²) in [7, 11) is 1.33. The molecule has 1 amide bonds. The van der Waals surface area contributed by atoms with Crippen molar-refractivity contribution in [3.05, 3.63) is 36.2 Å². The van der Waals surface area contributed by atoms with E-state index in [0.717, 1.165) is 37.9 Å². The highest BCUT2D eigenvalue weighted by molar-refractivity contribution is 5.90. The van der Waals surface area contributed by atoms with Crippen molar-refractivity contribution in [2.75, 3.05) is 33.3 Å². The Kier molecular flexibility index (Phi) is 7.14. The van der Waals surface area contributed by atoms with Gasteiger partial charge in [-0.3, -0.25) is 4.79 Å². The lowest BCUT2D eigenvalue weighted by Crippen LogP contribution is -2.40. The fraction of sp³-hybridized carbons (Fsp3) is 0.545. The van der Waals surface area contributed by atoms with Gasteiger partial charge in [-0.05, 0) is 55.5 Å². The standard InChI is InChI=1S/C22H31N3O4/c1-16-12-17(2)14-24(13-16)10-5-9-23-21(26)15-25-18(20-6-4-11-29-20)7-8-19(25)22(27)28-3/h4,6-8,11,16-17H,5,9-10,12-15H2,1-3H3,(H,23,26)/t16-,17-/m0/s1. The molecule has 1 saturated heterocycles. The number of methoxy groups -OCH3 is 1. The molecule has 3 heterocycles. The summed E-state index contributed by atoms with van der Waals surface area (Å²) in [5.74, 6) is 1.45. The van der Waals surface area contributed by atoms with Gasteiger partial charge >= 0.3 is 5.97 Å². The van der Waals surface area contributed by atoms with E-state index < -0.39 is 5.97 Å². The molecule has 29 heavy (non-hydrogen) atoms. The molecule has 0 unspecified atom stereocenters. The Bertz CT molecular complexity index is 802. The van der Waals surface area contributed by atoms with Crippen LogP contribution in [0.15, 0.2) is 34.9 Å². The molecular formula is C22H31N3O4. The molecule has 0 saturated carbocycles. The van der Waals surface area contributed by atoms with Crippen LogP contribution in [0, 0.1) is 11.8 Å². The normalized spacial score (nSPS) is 19.8. The summed E-state index contributed by atoms with van der Waals surface area (Å²) in [5.41, 5.74) is 0.993. The molecule has 0 aromatic carbocycles. The molecule has 0 spiro atoms. The summed E-state index contributed by atoms with van der Waals surface area (Å²) in [6.45, 7) is 8.51. The average Bonchev–Trinajstić information content (AvgIpc) is 3.33. The Morgan fingerprint density at radius 2 is 1.97 bits per heavy atom. The van der Waals surface area contributed by atoms with Gasteiger partial charge in [0.1, 0.15) is 18.0 Å². The van der Waals surface area contributed by atoms with Crippen LogP contribution in [0.5, 0.6) is 0 Å². The molecule has 0 aliphatic carbocycles. The van der Waals surface area contributed by atoms with Crippen molar-refractivity contribution in [2.45, 2.75) is 33.2 Å². The summed E-state index contributed by atoms with van der Waals surface area (Å²) in [6, 6.07) is 6.98. The summed E-state index contributed by atoms with van der Waals surface area (Å²) in [4.78, 5) is 27.1. The number of hydrogen-bond donors (Lipinski definition) is 1. The maximum Gasteiger partial charge on any atom is 0.354 e. The average molecular weight is 402 g/mol. The molecule has 2 aromatic heterocycles. The fourth-order valence-corrected chi connectivity index (χ4v) is 4.26. The minimum Gasteiger partial charge on any atom is -0.464 e. The Labute approximate surface area is 172 Å². The molecule has 1 aliphatic heterocycles. The quantitative estimate of drug-likeness (QED) is 0.544. The fourth-order valence-electron chi connectivity index (χ4n) is 4.26. The third-order valence-electron chi connectivity index (χ3n) is 5.37. The molecule has 0 radical (unpaired) electrons. The van der Waals surface area contributed by atoms with Gasteiger partial charge in [-0.1, -0.05) is 13.8 Å². The van der Waals surface area contributed by atoms with Crippen LogP contribution in [-0.4, -0.2) is 54.6 Å². The van der Waals surface area contributed by atoms with Crippen LogP contribution in [0.3, 0.4) is 0 Å². The number of aromatic nitrogens is 1. The third-order valence-corrected chi connectivity index (χ3v) is 5.37. The van der Waals surface area contributed by atoms with Crippen molar-refractivity contribution < 1.29 is 18.7 Å². The zero-order valence-electron chi connectivity index (χ0n) is 17.5. The number of likely N-dealkylation sites (tertiary alicyclic amines) is 1. The van der Waals surface area contributed by atoms with Gasteiger partial charge in [0.2, 0.25) is 5.91 Å². The number of rotatable bonds is 8. The summed E-state index contributed by atoms with van der Waals surface area (Å²) < 4.78 is 11.9. The highest BCUT2D eigenvalue weighted by atomic mass is 16.5. The van der Waals surface area contributed by atoms with E-state index in [1.54, 1.807) is 35.1 Å². The van der Waals surface area contributed by atoms with E-state index >= 15 is 0 Å². The maximum absolute atomic E-state index is 12.5. The smallest absolute Gasteiger partial charge is 0.354 e. The molecule has 7 heteroatoms. The van der Waals surface area contributed by atoms with Gasteiger partial charge in [0.15, 0.2) is 0 Å². The predicted molar refractivity (Wildman–Crippen MR) is 110 cm³/mol. The van der Waals surface area contributed by atoms with Gasteiger partial charge in [-0.25, -0.2) is 4.79 Å². The zero-order valence-corrected chi connectivity index (χ0v) is 17.5. The highest BCUT2D eigenvalue weighted by Gasteiger charge is 2.22. The minimum atomic E-state index is -0.482. The first-order chi connectivity index (χ1) is 14.0. The largest absolute Gasteiger partial charge is 0.464 e. The Balaban J connectivity index is 1.55. The van der Waals surface area contributed by atoms with E-state index in [0.29, 0.717) is 23.7 Å². The van der Waals surface area contributed by atoms with Gasteiger partial charge in [-0.15, -0.1) is 0 Å². The lowest BCUT2D eigenvalue weighted by Gasteiger charge is -2.34. The Hall–Kier alpha value is -2.54. The van der Waals surface area contributed by atoms with Crippen molar-refractivity contribution >= 4 is 11.9 Å². The van der Waals surface area contributed by atoms with Crippen molar-refractivity contribution in [3.8, 4) is 11.5 Å². The molecule has 2 atom stereocenters. The lowest BCUT2D eigenvalue weighted by molar-refractivity contribution is -0.121. The van der Waals surface area contributed by atoms with Gasteiger partial charge in [0, 0.05) is 19.6 Å². The zero-order chi connectivity index (χ0) is 20.8. The first-order valence-corrected chi connectivity index (χ1v) is 10.3. The molecular weight excluding hydrogens is 370 g/mol. The van der Waals surface area contributed by atoms with Crippen molar-refractivity contribution in [2.24, 2.45) is 11.8 Å². The topological polar surface area (TPSA) is 76.7 Å². The number of furan rings is 1. The van der Waals surface area contributed by atoms with Crippen LogP contribution in [0.4, 0.5) is 0 Å². The van der Waals surface area contributed by atoms with E-state index in [1.807, 2.05) is 0 Å². The Morgan fingerprint density at radius 1 is 1.21 bits per heavy atom. The highest BCUT2D eigenvalue weighted by Crippen LogP contribution is 2.24. The van der Waals surface area contributed by atoms with Crippen molar-refractivity contribution in [3.63, 3.8) is 0 Å². The second-order valence-electron chi connectivity index (χ2n) is 8.07. The van der Waals surface area contributed by atoms with Crippen LogP contribution >= 0.6 is 0 Å². The maximum atomic E-state index is 12.5. The summed E-state index contributed by atoms with van der Waals surface area (Å²) >= 11 is 0. The van der Waals surface area contributed by atoms with Gasteiger partial charge < -0.3 is 23.9 Å². The van der Waals surface area contributed by atoms with E-state index in [1.165, 1.54) is 13.5 Å². The first-order valence-electron chi connectivity index (χ1n) is 10.3. The predicted octanol–water partition coefficient (Wildman–Crippen LogP) is 3.02. The number of hydrogen-bond acceptors (Lipinski definition) is 5. The van der Waals surface area contributed by atoms with E-state index in [-0.39, 0.29) is 12.5 Å². The van der Waals surface area contributed by atoms with Gasteiger partial charge in [0.05, 0.1) is 19.1 Å². The summed E-state index contributed by atoms with van der Waals surface area (Å²) in [5, 5.41) is 2.97. The van der Waals surface area contributed by atoms with Crippen molar-refractivity contribution in [1.82, 2.24) is 14.8 Å². The van der Waals surface area contributed by atoms with Crippen LogP contribution in [-0.2, 0) is 16.1 Å². The Morgan fingerprint density at radius 3 is 2.62 bits per heavy atom. The lowest BCUT2D eigenvalue weighted by atomic mass is 9.92. The third kappa shape index (κ3) is 5.50. The van der Waals surface area contributed by atoms with Crippen LogP contribution in [0.1, 0.15) is 37.2 Å². The number of nitrogens with one attached hydrogen (secondary N) is 1. The number of amides is 1. The molecule has 7 nitrogen and oxygen atoms in total. The second-order valence-corrected chi connectivity index (χ2v) is 8.07.